The van der Waals surface area contributed by atoms with Gasteiger partial charge in [0, 0.05) is 49.9 Å². The van der Waals surface area contributed by atoms with E-state index < -0.39 is 23.4 Å². The Morgan fingerprint density at radius 3 is 2.42 bits per heavy atom. The van der Waals surface area contributed by atoms with Crippen molar-refractivity contribution >= 4 is 40.3 Å². The molecular formula is C33H38ClFN6O4. The van der Waals surface area contributed by atoms with Crippen molar-refractivity contribution in [3.63, 3.8) is 0 Å². The zero-order chi connectivity index (χ0) is 32.3. The molecule has 5 rings (SSSR count). The van der Waals surface area contributed by atoms with Gasteiger partial charge in [-0.2, -0.15) is 5.10 Å². The van der Waals surface area contributed by atoms with E-state index in [-0.39, 0.29) is 18.5 Å². The normalized spacial score (nSPS) is 14.5. The quantitative estimate of drug-likeness (QED) is 0.232. The number of nitrogens with zero attached hydrogens (tertiary/aromatic N) is 5. The number of halogens is 2. The number of rotatable bonds is 8. The summed E-state index contributed by atoms with van der Waals surface area (Å²) < 4.78 is 25.7. The predicted molar refractivity (Wildman–Crippen MR) is 171 cm³/mol. The molecule has 1 aliphatic rings. The SMILES string of the molecule is CC(C)N(CC(C(=O)N1CCN(c2c(Oc3cccc(F)c3)cnc3[nH]ncc23)CC1)c1ccc(Cl)cc1)C(=O)OC(C)(C)C. The lowest BCUT2D eigenvalue weighted by Crippen LogP contribution is -2.52. The molecule has 0 aliphatic carbocycles. The zero-order valence-electron chi connectivity index (χ0n) is 26.1. The second-order valence-electron chi connectivity index (χ2n) is 12.3. The molecule has 12 heteroatoms. The van der Waals surface area contributed by atoms with Crippen molar-refractivity contribution in [3.05, 3.63) is 77.3 Å². The second-order valence-corrected chi connectivity index (χ2v) is 12.7. The van der Waals surface area contributed by atoms with E-state index in [1.54, 1.807) is 41.6 Å². The van der Waals surface area contributed by atoms with E-state index in [1.807, 2.05) is 51.7 Å². The summed E-state index contributed by atoms with van der Waals surface area (Å²) in [7, 11) is 0. The fraction of sp³-hybridized carbons (Fsp3) is 0.394. The van der Waals surface area contributed by atoms with Crippen LogP contribution in [0.2, 0.25) is 5.02 Å². The van der Waals surface area contributed by atoms with Crippen LogP contribution < -0.4 is 9.64 Å². The number of hydrogen-bond acceptors (Lipinski definition) is 7. The minimum Gasteiger partial charge on any atom is -0.453 e. The molecule has 0 saturated carbocycles. The van der Waals surface area contributed by atoms with Crippen molar-refractivity contribution in [1.29, 1.82) is 0 Å². The molecule has 238 valence electrons. The number of H-pyrrole nitrogens is 1. The Hall–Kier alpha value is -4.38. The van der Waals surface area contributed by atoms with Gasteiger partial charge in [0.25, 0.3) is 0 Å². The molecule has 0 bridgehead atoms. The van der Waals surface area contributed by atoms with Crippen LogP contribution in [0.5, 0.6) is 11.5 Å². The minimum atomic E-state index is -0.676. The molecule has 45 heavy (non-hydrogen) atoms. The maximum absolute atomic E-state index is 14.2. The Balaban J connectivity index is 1.38. The largest absolute Gasteiger partial charge is 0.453 e. The average Bonchev–Trinajstić information content (AvgIpc) is 3.46. The molecule has 2 amide bonds. The number of hydrogen-bond donors (Lipinski definition) is 1. The number of carbonyl (C=O) groups excluding carboxylic acids is 2. The summed E-state index contributed by atoms with van der Waals surface area (Å²) in [6.07, 6.45) is 2.80. The molecule has 1 aliphatic heterocycles. The second kappa shape index (κ2) is 13.3. The van der Waals surface area contributed by atoms with Gasteiger partial charge in [-0.05, 0) is 64.4 Å². The van der Waals surface area contributed by atoms with Crippen LogP contribution in [-0.2, 0) is 9.53 Å². The lowest BCUT2D eigenvalue weighted by atomic mass is 9.96. The van der Waals surface area contributed by atoms with Crippen LogP contribution in [0, 0.1) is 5.82 Å². The maximum Gasteiger partial charge on any atom is 0.410 e. The summed E-state index contributed by atoms with van der Waals surface area (Å²) >= 11 is 6.18. The minimum absolute atomic E-state index is 0.0920. The van der Waals surface area contributed by atoms with Gasteiger partial charge in [0.1, 0.15) is 17.2 Å². The Morgan fingerprint density at radius 1 is 1.07 bits per heavy atom. The third-order valence-electron chi connectivity index (χ3n) is 7.55. The van der Waals surface area contributed by atoms with Gasteiger partial charge in [-0.3, -0.25) is 9.89 Å². The summed E-state index contributed by atoms with van der Waals surface area (Å²) in [4.78, 5) is 37.4. The van der Waals surface area contributed by atoms with Crippen LogP contribution >= 0.6 is 11.6 Å². The summed E-state index contributed by atoms with van der Waals surface area (Å²) in [5.74, 6) is -0.322. The van der Waals surface area contributed by atoms with Crippen molar-refractivity contribution in [2.45, 2.75) is 52.2 Å². The van der Waals surface area contributed by atoms with E-state index in [9.17, 15) is 14.0 Å². The lowest BCUT2D eigenvalue weighted by molar-refractivity contribution is -0.133. The molecular weight excluding hydrogens is 599 g/mol. The molecule has 0 spiro atoms. The molecule has 2 aromatic heterocycles. The van der Waals surface area contributed by atoms with E-state index in [2.05, 4.69) is 20.1 Å². The fourth-order valence-corrected chi connectivity index (χ4v) is 5.46. The van der Waals surface area contributed by atoms with Crippen molar-refractivity contribution in [2.24, 2.45) is 0 Å². The predicted octanol–water partition coefficient (Wildman–Crippen LogP) is 6.62. The third kappa shape index (κ3) is 7.65. The molecule has 1 fully saturated rings. The van der Waals surface area contributed by atoms with Gasteiger partial charge in [0.05, 0.1) is 29.4 Å². The van der Waals surface area contributed by atoms with Gasteiger partial charge in [-0.15, -0.1) is 0 Å². The average molecular weight is 637 g/mol. The number of benzene rings is 2. The highest BCUT2D eigenvalue weighted by molar-refractivity contribution is 6.30. The Kier molecular flexibility index (Phi) is 9.48. The Morgan fingerprint density at radius 2 is 1.78 bits per heavy atom. The topological polar surface area (TPSA) is 104 Å². The molecule has 10 nitrogen and oxygen atoms in total. The van der Waals surface area contributed by atoms with E-state index in [4.69, 9.17) is 21.1 Å². The number of aromatic amines is 1. The molecule has 4 aromatic rings. The van der Waals surface area contributed by atoms with E-state index in [0.717, 1.165) is 16.6 Å². The molecule has 0 radical (unpaired) electrons. The molecule has 1 saturated heterocycles. The first-order chi connectivity index (χ1) is 21.4. The van der Waals surface area contributed by atoms with Crippen molar-refractivity contribution < 1.29 is 23.5 Å². The monoisotopic (exact) mass is 636 g/mol. The number of anilines is 1. The molecule has 1 unspecified atom stereocenters. The van der Waals surface area contributed by atoms with Gasteiger partial charge in [0.15, 0.2) is 11.4 Å². The van der Waals surface area contributed by atoms with Gasteiger partial charge in [0.2, 0.25) is 5.91 Å². The number of pyridine rings is 1. The van der Waals surface area contributed by atoms with E-state index in [0.29, 0.717) is 48.3 Å². The van der Waals surface area contributed by atoms with Gasteiger partial charge < -0.3 is 24.2 Å². The number of fused-ring (bicyclic) bond motifs is 1. The highest BCUT2D eigenvalue weighted by atomic mass is 35.5. The van der Waals surface area contributed by atoms with Crippen LogP contribution in [0.25, 0.3) is 11.0 Å². The van der Waals surface area contributed by atoms with Crippen LogP contribution in [-0.4, -0.2) is 81.3 Å². The Labute approximate surface area is 267 Å². The fourth-order valence-electron chi connectivity index (χ4n) is 5.33. The molecule has 3 heterocycles. The summed E-state index contributed by atoms with van der Waals surface area (Å²) in [5.41, 5.74) is 1.44. The first kappa shape index (κ1) is 32.0. The zero-order valence-corrected chi connectivity index (χ0v) is 26.8. The smallest absolute Gasteiger partial charge is 0.410 e. The summed E-state index contributed by atoms with van der Waals surface area (Å²) in [6.45, 7) is 11.3. The maximum atomic E-state index is 14.2. The number of carbonyl (C=O) groups is 2. The number of ether oxygens (including phenoxy) is 2. The van der Waals surface area contributed by atoms with Crippen LogP contribution in [0.4, 0.5) is 14.9 Å². The molecule has 1 N–H and O–H groups in total. The standard InChI is InChI=1S/C33H38ClFN6O4/c1-21(2)41(32(43)45-33(3,4)5)20-27(22-9-11-23(34)12-10-22)31(42)40-15-13-39(14-16-40)29-26-18-37-38-30(26)36-19-28(29)44-25-8-6-7-24(35)17-25/h6-12,17-19,21,27H,13-16,20H2,1-5H3,(H,36,37,38). The molecule has 1 atom stereocenters. The highest BCUT2D eigenvalue weighted by Crippen LogP contribution is 2.38. The highest BCUT2D eigenvalue weighted by Gasteiger charge is 2.34. The van der Waals surface area contributed by atoms with Crippen molar-refractivity contribution in [3.8, 4) is 11.5 Å². The number of amides is 2. The Bertz CT molecular complexity index is 1650. The first-order valence-electron chi connectivity index (χ1n) is 14.9. The summed E-state index contributed by atoms with van der Waals surface area (Å²) in [6, 6.07) is 12.9. The van der Waals surface area contributed by atoms with Crippen molar-refractivity contribution in [2.75, 3.05) is 37.6 Å². The van der Waals surface area contributed by atoms with Gasteiger partial charge in [-0.25, -0.2) is 14.2 Å². The van der Waals surface area contributed by atoms with Gasteiger partial charge in [-0.1, -0.05) is 29.8 Å². The number of piperazine rings is 1. The number of nitrogens with one attached hydrogen (secondary N) is 1. The van der Waals surface area contributed by atoms with Gasteiger partial charge >= 0.3 is 6.09 Å². The van der Waals surface area contributed by atoms with Crippen LogP contribution in [0.15, 0.2) is 60.9 Å². The molecule has 2 aromatic carbocycles. The number of aromatic nitrogens is 3. The van der Waals surface area contributed by atoms with Crippen LogP contribution in [0.3, 0.4) is 0 Å². The lowest BCUT2D eigenvalue weighted by Gasteiger charge is -2.39. The van der Waals surface area contributed by atoms with E-state index >= 15 is 0 Å². The first-order valence-corrected chi connectivity index (χ1v) is 15.3. The van der Waals surface area contributed by atoms with E-state index in [1.165, 1.54) is 12.1 Å². The summed E-state index contributed by atoms with van der Waals surface area (Å²) in [5, 5.41) is 8.37. The van der Waals surface area contributed by atoms with Crippen LogP contribution in [0.1, 0.15) is 46.1 Å². The van der Waals surface area contributed by atoms with Crippen molar-refractivity contribution in [1.82, 2.24) is 25.0 Å². The third-order valence-corrected chi connectivity index (χ3v) is 7.80.